The fraction of sp³-hybridized carbons (Fsp3) is 0.538. The molecule has 2 aliphatic carbocycles. The summed E-state index contributed by atoms with van der Waals surface area (Å²) in [5, 5.41) is 20.9. The lowest BCUT2D eigenvalue weighted by atomic mass is 9.68. The smallest absolute Gasteiger partial charge is 0.327 e. The highest BCUT2D eigenvalue weighted by molar-refractivity contribution is 8.00. The van der Waals surface area contributed by atoms with Crippen molar-refractivity contribution in [3.05, 3.63) is 38.3 Å². The molecule has 0 unspecified atom stereocenters. The Balaban J connectivity index is 1.44. The van der Waals surface area contributed by atoms with Crippen LogP contribution in [0.15, 0.2) is 28.0 Å². The lowest BCUT2D eigenvalue weighted by Gasteiger charge is -2.43. The van der Waals surface area contributed by atoms with E-state index in [4.69, 9.17) is 4.74 Å². The normalized spacial score (nSPS) is 32.4. The van der Waals surface area contributed by atoms with Crippen molar-refractivity contribution < 1.29 is 29.3 Å². The van der Waals surface area contributed by atoms with Crippen LogP contribution in [-0.4, -0.2) is 55.8 Å². The van der Waals surface area contributed by atoms with Gasteiger partial charge >= 0.3 is 10.8 Å². The first-order valence-electron chi connectivity index (χ1n) is 12.6. The van der Waals surface area contributed by atoms with E-state index in [1.54, 1.807) is 37.7 Å². The van der Waals surface area contributed by atoms with Crippen LogP contribution >= 0.6 is 23.1 Å². The molecule has 4 aliphatic rings. The number of imide groups is 1. The molecule has 9 nitrogen and oxygen atoms in total. The molecule has 3 fully saturated rings. The van der Waals surface area contributed by atoms with Crippen LogP contribution < -0.4 is 9.61 Å². The van der Waals surface area contributed by atoms with Crippen molar-refractivity contribution in [2.24, 2.45) is 35.5 Å². The summed E-state index contributed by atoms with van der Waals surface area (Å²) >= 11 is 2.74. The lowest BCUT2D eigenvalue weighted by molar-refractivity contribution is -0.157. The second-order valence-electron chi connectivity index (χ2n) is 10.7. The number of rotatable bonds is 6. The molecular formula is C26H28N2O7S2. The number of carbonyl (C=O) groups excluding carboxylic acids is 2. The van der Waals surface area contributed by atoms with Gasteiger partial charge in [-0.05, 0) is 54.7 Å². The van der Waals surface area contributed by atoms with E-state index in [1.165, 1.54) is 0 Å². The van der Waals surface area contributed by atoms with Gasteiger partial charge in [0.15, 0.2) is 11.5 Å². The number of thioether (sulfide) groups is 1. The SMILES string of the molecule is CCOc1cc([C@@H]2c3sc(=O)[nH]c3S[C@@H]3[C@H]4C[C@@H]([C@@H]5C(=O)N([C@H](C(=O)O)C(C)C)C(=O)[C@H]45)[C@@H]23)ccc1O. The summed E-state index contributed by atoms with van der Waals surface area (Å²) in [6.07, 6.45) is 0.717. The first-order valence-corrected chi connectivity index (χ1v) is 14.3. The summed E-state index contributed by atoms with van der Waals surface area (Å²) in [5.74, 6) is -3.44. The highest BCUT2D eigenvalue weighted by Crippen LogP contribution is 2.68. The fourth-order valence-corrected chi connectivity index (χ4v) is 10.3. The summed E-state index contributed by atoms with van der Waals surface area (Å²) in [7, 11) is 0. The van der Waals surface area contributed by atoms with Gasteiger partial charge in [0.25, 0.3) is 0 Å². The Morgan fingerprint density at radius 2 is 1.89 bits per heavy atom. The van der Waals surface area contributed by atoms with E-state index in [0.29, 0.717) is 18.8 Å². The van der Waals surface area contributed by atoms with Crippen molar-refractivity contribution in [1.29, 1.82) is 0 Å². The number of H-pyrrole nitrogens is 1. The monoisotopic (exact) mass is 544 g/mol. The number of aromatic hydroxyl groups is 1. The van der Waals surface area contributed by atoms with Gasteiger partial charge in [0.1, 0.15) is 6.04 Å². The minimum absolute atomic E-state index is 0.00243. The van der Waals surface area contributed by atoms with Crippen molar-refractivity contribution in [3.63, 3.8) is 0 Å². The molecule has 1 saturated heterocycles. The van der Waals surface area contributed by atoms with Crippen LogP contribution in [0.5, 0.6) is 11.5 Å². The first-order chi connectivity index (χ1) is 17.6. The van der Waals surface area contributed by atoms with Crippen LogP contribution in [0.2, 0.25) is 0 Å². The van der Waals surface area contributed by atoms with E-state index in [-0.39, 0.29) is 51.4 Å². The highest BCUT2D eigenvalue weighted by Gasteiger charge is 2.70. The summed E-state index contributed by atoms with van der Waals surface area (Å²) < 4.78 is 5.64. The van der Waals surface area contributed by atoms with Crippen LogP contribution in [0.3, 0.4) is 0 Å². The van der Waals surface area contributed by atoms with Gasteiger partial charge < -0.3 is 19.9 Å². The average Bonchev–Trinajstić information content (AvgIpc) is 3.56. The zero-order valence-electron chi connectivity index (χ0n) is 20.5. The zero-order valence-corrected chi connectivity index (χ0v) is 22.2. The van der Waals surface area contributed by atoms with E-state index in [9.17, 15) is 29.4 Å². The van der Waals surface area contributed by atoms with Gasteiger partial charge in [-0.25, -0.2) is 4.79 Å². The molecule has 0 spiro atoms. The number of hydrogen-bond donors (Lipinski definition) is 3. The van der Waals surface area contributed by atoms with Crippen LogP contribution in [0.25, 0.3) is 0 Å². The van der Waals surface area contributed by atoms with Crippen molar-refractivity contribution in [2.75, 3.05) is 6.61 Å². The van der Waals surface area contributed by atoms with Crippen LogP contribution in [-0.2, 0) is 14.4 Å². The number of nitrogens with one attached hydrogen (secondary N) is 1. The van der Waals surface area contributed by atoms with E-state index in [2.05, 4.69) is 4.98 Å². The van der Waals surface area contributed by atoms with E-state index >= 15 is 0 Å². The van der Waals surface area contributed by atoms with Gasteiger partial charge in [-0.2, -0.15) is 0 Å². The van der Waals surface area contributed by atoms with Crippen LogP contribution in [0, 0.1) is 35.5 Å². The minimum Gasteiger partial charge on any atom is -0.504 e. The zero-order chi connectivity index (χ0) is 26.3. The maximum Gasteiger partial charge on any atom is 0.327 e. The molecule has 8 atom stereocenters. The number of likely N-dealkylation sites (tertiary alicyclic amines) is 1. The van der Waals surface area contributed by atoms with E-state index < -0.39 is 29.8 Å². The third-order valence-corrected chi connectivity index (χ3v) is 11.2. The summed E-state index contributed by atoms with van der Waals surface area (Å²) in [5.41, 5.74) is 0.886. The molecule has 1 aromatic heterocycles. The molecule has 1 aromatic carbocycles. The Morgan fingerprint density at radius 3 is 2.54 bits per heavy atom. The number of aromatic amines is 1. The van der Waals surface area contributed by atoms with Gasteiger partial charge in [-0.3, -0.25) is 19.3 Å². The molecule has 6 rings (SSSR count). The molecule has 3 heterocycles. The fourth-order valence-electron chi connectivity index (χ4n) is 7.38. The molecule has 2 saturated carbocycles. The molecule has 2 bridgehead atoms. The molecule has 2 aliphatic heterocycles. The van der Waals surface area contributed by atoms with Gasteiger partial charge in [-0.15, -0.1) is 11.8 Å². The van der Waals surface area contributed by atoms with E-state index in [1.807, 2.05) is 13.0 Å². The quantitative estimate of drug-likeness (QED) is 0.472. The molecular weight excluding hydrogens is 516 g/mol. The van der Waals surface area contributed by atoms with Crippen LogP contribution in [0.4, 0.5) is 0 Å². The number of phenolic OH excluding ortho intramolecular Hbond substituents is 1. The third kappa shape index (κ3) is 3.42. The number of carboxylic acid groups (broad SMARTS) is 1. The molecule has 196 valence electrons. The summed E-state index contributed by atoms with van der Waals surface area (Å²) in [6.45, 7) is 5.64. The number of phenols is 1. The number of aliphatic carboxylic acids is 1. The Hall–Kier alpha value is -2.79. The number of amides is 2. The Kier molecular flexibility index (Phi) is 5.72. The number of nitrogens with zero attached hydrogens (tertiary/aromatic N) is 1. The number of carbonyl (C=O) groups is 3. The predicted octanol–water partition coefficient (Wildman–Crippen LogP) is 3.12. The Labute approximate surface area is 221 Å². The van der Waals surface area contributed by atoms with Crippen molar-refractivity contribution in [2.45, 2.75) is 49.4 Å². The van der Waals surface area contributed by atoms with Gasteiger partial charge in [0, 0.05) is 16.0 Å². The maximum atomic E-state index is 13.7. The number of ether oxygens (including phenoxy) is 1. The standard InChI is InChI=1S/C26H28N2O7S2/c1-4-35-14-7-10(5-6-13(14)29)15-16-11-8-12(20(16)36-22-21(15)37-26(34)27-22)18-17(11)23(30)28(24(18)31)19(9(2)3)25(32)33/h5-7,9,11-12,15-20,29H,4,8H2,1-3H3,(H,27,34)(H,32,33)/t11-,12+,15+,16+,17+,18-,19+,20-/m1/s1. The topological polar surface area (TPSA) is 137 Å². The number of hydrogen-bond acceptors (Lipinski definition) is 8. The summed E-state index contributed by atoms with van der Waals surface area (Å²) in [6, 6.07) is 4.05. The second kappa shape index (κ2) is 8.62. The third-order valence-electron chi connectivity index (χ3n) is 8.56. The predicted molar refractivity (Wildman–Crippen MR) is 136 cm³/mol. The largest absolute Gasteiger partial charge is 0.504 e. The first kappa shape index (κ1) is 24.5. The highest BCUT2D eigenvalue weighted by atomic mass is 32.2. The number of thiazole rings is 1. The number of carboxylic acids is 1. The van der Waals surface area contributed by atoms with Crippen LogP contribution in [0.1, 0.15) is 43.6 Å². The Bertz CT molecular complexity index is 1370. The molecule has 3 N–H and O–H groups in total. The molecule has 2 aromatic rings. The molecule has 37 heavy (non-hydrogen) atoms. The Morgan fingerprint density at radius 1 is 1.19 bits per heavy atom. The lowest BCUT2D eigenvalue weighted by Crippen LogP contribution is -2.49. The van der Waals surface area contributed by atoms with Gasteiger partial charge in [0.05, 0.1) is 23.5 Å². The maximum absolute atomic E-state index is 13.7. The van der Waals surface area contributed by atoms with E-state index in [0.717, 1.165) is 31.7 Å². The van der Waals surface area contributed by atoms with Crippen molar-refractivity contribution in [1.82, 2.24) is 9.88 Å². The van der Waals surface area contributed by atoms with Crippen molar-refractivity contribution in [3.8, 4) is 11.5 Å². The molecule has 2 amide bonds. The minimum atomic E-state index is -1.18. The summed E-state index contributed by atoms with van der Waals surface area (Å²) in [4.78, 5) is 56.5. The second-order valence-corrected chi connectivity index (χ2v) is 12.9. The molecule has 11 heteroatoms. The van der Waals surface area contributed by atoms with Crippen molar-refractivity contribution >= 4 is 40.9 Å². The number of fused-ring (bicyclic) bond motifs is 9. The molecule has 0 radical (unpaired) electrons. The average molecular weight is 545 g/mol. The van der Waals surface area contributed by atoms with Gasteiger partial charge in [-0.1, -0.05) is 31.3 Å². The van der Waals surface area contributed by atoms with Gasteiger partial charge in [0.2, 0.25) is 11.8 Å². The number of aromatic nitrogens is 1. The number of benzene rings is 1.